The molecule has 0 radical (unpaired) electrons. The lowest BCUT2D eigenvalue weighted by molar-refractivity contribution is 0.0286. The zero-order valence-electron chi connectivity index (χ0n) is 13.5. The van der Waals surface area contributed by atoms with Crippen LogP contribution in [-0.4, -0.2) is 50.6 Å². The van der Waals surface area contributed by atoms with Crippen LogP contribution in [0.5, 0.6) is 5.75 Å². The maximum absolute atomic E-state index is 12.9. The van der Waals surface area contributed by atoms with Crippen LogP contribution in [0.3, 0.4) is 0 Å². The van der Waals surface area contributed by atoms with Crippen LogP contribution in [0, 0.1) is 5.92 Å². The quantitative estimate of drug-likeness (QED) is 0.828. The van der Waals surface area contributed by atoms with Gasteiger partial charge in [-0.15, -0.1) is 12.4 Å². The number of benzene rings is 1. The summed E-state index contributed by atoms with van der Waals surface area (Å²) in [5.41, 5.74) is 1.64. The van der Waals surface area contributed by atoms with Gasteiger partial charge in [-0.1, -0.05) is 18.5 Å². The minimum absolute atomic E-state index is 0. The Morgan fingerprint density at radius 3 is 2.70 bits per heavy atom. The summed E-state index contributed by atoms with van der Waals surface area (Å²) in [5, 5.41) is 0.541. The highest BCUT2D eigenvalue weighted by Crippen LogP contribution is 2.43. The molecular formula is C17H23Cl2NO3. The lowest BCUT2D eigenvalue weighted by Gasteiger charge is -2.35. The van der Waals surface area contributed by atoms with Gasteiger partial charge >= 0.3 is 0 Å². The predicted molar refractivity (Wildman–Crippen MR) is 93.4 cm³/mol. The molecule has 1 fully saturated rings. The number of ether oxygens (including phenoxy) is 2. The summed E-state index contributed by atoms with van der Waals surface area (Å²) < 4.78 is 10.8. The zero-order valence-corrected chi connectivity index (χ0v) is 15.1. The second-order valence-electron chi connectivity index (χ2n) is 6.15. The molecule has 3 rings (SSSR count). The summed E-state index contributed by atoms with van der Waals surface area (Å²) >= 11 is 6.33. The summed E-state index contributed by atoms with van der Waals surface area (Å²) in [7, 11) is 1.64. The van der Waals surface area contributed by atoms with Crippen molar-refractivity contribution in [1.29, 1.82) is 0 Å². The van der Waals surface area contributed by atoms with E-state index in [1.54, 1.807) is 13.2 Å². The van der Waals surface area contributed by atoms with E-state index in [9.17, 15) is 4.79 Å². The Morgan fingerprint density at radius 2 is 2.04 bits per heavy atom. The lowest BCUT2D eigenvalue weighted by atomic mass is 9.76. The molecule has 2 aliphatic rings. The minimum atomic E-state index is 0. The second-order valence-corrected chi connectivity index (χ2v) is 6.56. The second kappa shape index (κ2) is 7.84. The van der Waals surface area contributed by atoms with Crippen LogP contribution in [0.15, 0.2) is 12.1 Å². The summed E-state index contributed by atoms with van der Waals surface area (Å²) in [5.74, 6) is 1.20. The molecule has 1 heterocycles. The fourth-order valence-corrected chi connectivity index (χ4v) is 3.86. The smallest absolute Gasteiger partial charge is 0.169 e. The normalized spacial score (nSPS) is 24.7. The standard InChI is InChI=1S/C17H22ClNO3.ClH/c1-11-9-12(10-19-5-7-22-8-6-19)17(20)16-13(18)3-4-14(21-2)15(11)16;/h3-4,11-12H,5-10H2,1-2H3;1H. The van der Waals surface area contributed by atoms with Crippen molar-refractivity contribution >= 4 is 29.8 Å². The van der Waals surface area contributed by atoms with Crippen molar-refractivity contribution in [2.24, 2.45) is 5.92 Å². The molecule has 1 aromatic rings. The Balaban J connectivity index is 0.00000192. The number of ketones is 1. The molecule has 2 atom stereocenters. The Kier molecular flexibility index (Phi) is 6.32. The number of morpholine rings is 1. The van der Waals surface area contributed by atoms with Gasteiger partial charge in [0.05, 0.1) is 25.3 Å². The maximum atomic E-state index is 12.9. The van der Waals surface area contributed by atoms with E-state index in [4.69, 9.17) is 21.1 Å². The third kappa shape index (κ3) is 3.66. The summed E-state index contributed by atoms with van der Waals surface area (Å²) in [6, 6.07) is 3.62. The Hall–Kier alpha value is -0.810. The highest BCUT2D eigenvalue weighted by molar-refractivity contribution is 6.34. The molecule has 1 aliphatic heterocycles. The molecule has 0 spiro atoms. The molecule has 0 saturated carbocycles. The van der Waals surface area contributed by atoms with Gasteiger partial charge in [0, 0.05) is 36.7 Å². The monoisotopic (exact) mass is 359 g/mol. The number of carbonyl (C=O) groups excluding carboxylic acids is 1. The van der Waals surface area contributed by atoms with E-state index in [1.165, 1.54) is 0 Å². The van der Waals surface area contributed by atoms with Gasteiger partial charge in [0.2, 0.25) is 0 Å². The number of hydrogen-bond donors (Lipinski definition) is 0. The number of carbonyl (C=O) groups is 1. The van der Waals surface area contributed by atoms with Crippen LogP contribution in [0.4, 0.5) is 0 Å². The SMILES string of the molecule is COc1ccc(Cl)c2c1C(C)CC(CN1CCOCC1)C2=O.Cl. The first-order valence-electron chi connectivity index (χ1n) is 7.82. The predicted octanol–water partition coefficient (Wildman–Crippen LogP) is 3.41. The van der Waals surface area contributed by atoms with Gasteiger partial charge in [-0.3, -0.25) is 9.69 Å². The van der Waals surface area contributed by atoms with E-state index in [1.807, 2.05) is 6.07 Å². The average Bonchev–Trinajstić information content (AvgIpc) is 2.53. The Morgan fingerprint density at radius 1 is 1.35 bits per heavy atom. The summed E-state index contributed by atoms with van der Waals surface area (Å²) in [4.78, 5) is 15.2. The molecular weight excluding hydrogens is 337 g/mol. The van der Waals surface area contributed by atoms with Gasteiger partial charge < -0.3 is 9.47 Å². The van der Waals surface area contributed by atoms with Crippen molar-refractivity contribution < 1.29 is 14.3 Å². The van der Waals surface area contributed by atoms with Gasteiger partial charge in [0.25, 0.3) is 0 Å². The summed E-state index contributed by atoms with van der Waals surface area (Å²) in [6.07, 6.45) is 0.847. The highest BCUT2D eigenvalue weighted by atomic mass is 35.5. The number of fused-ring (bicyclic) bond motifs is 1. The minimum Gasteiger partial charge on any atom is -0.496 e. The zero-order chi connectivity index (χ0) is 15.7. The molecule has 1 aliphatic carbocycles. The molecule has 1 aromatic carbocycles. The van der Waals surface area contributed by atoms with Crippen LogP contribution >= 0.6 is 24.0 Å². The van der Waals surface area contributed by atoms with Crippen molar-refractivity contribution in [2.45, 2.75) is 19.3 Å². The van der Waals surface area contributed by atoms with Gasteiger partial charge in [-0.25, -0.2) is 0 Å². The first-order valence-corrected chi connectivity index (χ1v) is 8.20. The van der Waals surface area contributed by atoms with Crippen molar-refractivity contribution in [3.8, 4) is 5.75 Å². The fraction of sp³-hybridized carbons (Fsp3) is 0.588. The molecule has 6 heteroatoms. The molecule has 2 unspecified atom stereocenters. The fourth-order valence-electron chi connectivity index (χ4n) is 3.60. The van der Waals surface area contributed by atoms with Crippen LogP contribution in [0.2, 0.25) is 5.02 Å². The molecule has 0 amide bonds. The van der Waals surface area contributed by atoms with E-state index >= 15 is 0 Å². The van der Waals surface area contributed by atoms with Crippen LogP contribution < -0.4 is 4.74 Å². The van der Waals surface area contributed by atoms with E-state index in [2.05, 4.69) is 11.8 Å². The third-order valence-electron chi connectivity index (χ3n) is 4.70. The Labute approximate surface area is 148 Å². The number of halogens is 2. The molecule has 128 valence electrons. The van der Waals surface area contributed by atoms with E-state index in [0.717, 1.165) is 50.6 Å². The van der Waals surface area contributed by atoms with Gasteiger partial charge in [-0.05, 0) is 24.5 Å². The van der Waals surface area contributed by atoms with Crippen LogP contribution in [-0.2, 0) is 4.74 Å². The molecule has 0 bridgehead atoms. The maximum Gasteiger partial charge on any atom is 0.169 e. The van der Waals surface area contributed by atoms with Gasteiger partial charge in [0.1, 0.15) is 5.75 Å². The van der Waals surface area contributed by atoms with Gasteiger partial charge in [-0.2, -0.15) is 0 Å². The van der Waals surface area contributed by atoms with E-state index < -0.39 is 0 Å². The number of rotatable bonds is 3. The average molecular weight is 360 g/mol. The first-order chi connectivity index (χ1) is 10.6. The summed E-state index contributed by atoms with van der Waals surface area (Å²) in [6.45, 7) is 6.24. The van der Waals surface area contributed by atoms with Gasteiger partial charge in [0.15, 0.2) is 5.78 Å². The topological polar surface area (TPSA) is 38.8 Å². The largest absolute Gasteiger partial charge is 0.496 e. The van der Waals surface area contributed by atoms with Crippen molar-refractivity contribution in [3.63, 3.8) is 0 Å². The van der Waals surface area contributed by atoms with Crippen molar-refractivity contribution in [3.05, 3.63) is 28.3 Å². The first kappa shape index (κ1) is 18.5. The van der Waals surface area contributed by atoms with Crippen LogP contribution in [0.1, 0.15) is 35.2 Å². The number of methoxy groups -OCH3 is 1. The Bertz CT molecular complexity index is 573. The van der Waals surface area contributed by atoms with Crippen molar-refractivity contribution in [1.82, 2.24) is 4.90 Å². The molecule has 0 aromatic heterocycles. The molecule has 0 N–H and O–H groups in total. The third-order valence-corrected chi connectivity index (χ3v) is 5.02. The molecule has 1 saturated heterocycles. The number of hydrogen-bond acceptors (Lipinski definition) is 4. The lowest BCUT2D eigenvalue weighted by Crippen LogP contribution is -2.42. The molecule has 4 nitrogen and oxygen atoms in total. The van der Waals surface area contributed by atoms with E-state index in [0.29, 0.717) is 10.6 Å². The number of Topliss-reactive ketones (excluding diaryl/α,β-unsaturated/α-hetero) is 1. The van der Waals surface area contributed by atoms with Crippen molar-refractivity contribution in [2.75, 3.05) is 40.0 Å². The number of nitrogens with zero attached hydrogens (tertiary/aromatic N) is 1. The molecule has 23 heavy (non-hydrogen) atoms. The highest BCUT2D eigenvalue weighted by Gasteiger charge is 2.36. The van der Waals surface area contributed by atoms with E-state index in [-0.39, 0.29) is 30.0 Å². The van der Waals surface area contributed by atoms with Crippen LogP contribution in [0.25, 0.3) is 0 Å².